The smallest absolute Gasteiger partial charge is 0.253 e. The van der Waals surface area contributed by atoms with Gasteiger partial charge in [-0.05, 0) is 52.0 Å². The van der Waals surface area contributed by atoms with Crippen LogP contribution in [-0.2, 0) is 0 Å². The van der Waals surface area contributed by atoms with Gasteiger partial charge in [-0.3, -0.25) is 9.69 Å². The van der Waals surface area contributed by atoms with Crippen molar-refractivity contribution < 1.29 is 4.79 Å². The van der Waals surface area contributed by atoms with Crippen LogP contribution < -0.4 is 0 Å². The van der Waals surface area contributed by atoms with E-state index in [0.29, 0.717) is 6.04 Å². The second-order valence-electron chi connectivity index (χ2n) is 6.73. The van der Waals surface area contributed by atoms with Crippen LogP contribution in [0.3, 0.4) is 0 Å². The van der Waals surface area contributed by atoms with Crippen LogP contribution in [0.25, 0.3) is 0 Å². The molecule has 0 N–H and O–H groups in total. The molecular formula is C18H27N3O. The highest BCUT2D eigenvalue weighted by atomic mass is 16.2. The van der Waals surface area contributed by atoms with Gasteiger partial charge in [0.25, 0.3) is 5.91 Å². The molecule has 0 aromatic heterocycles. The number of piperazine rings is 1. The van der Waals surface area contributed by atoms with E-state index in [2.05, 4.69) is 23.8 Å². The zero-order valence-corrected chi connectivity index (χ0v) is 13.8. The van der Waals surface area contributed by atoms with Crippen molar-refractivity contribution in [3.63, 3.8) is 0 Å². The van der Waals surface area contributed by atoms with E-state index < -0.39 is 0 Å². The number of carbonyl (C=O) groups excluding carboxylic acids is 1. The Labute approximate surface area is 133 Å². The maximum Gasteiger partial charge on any atom is 0.253 e. The molecule has 0 spiro atoms. The van der Waals surface area contributed by atoms with Crippen LogP contribution in [0.5, 0.6) is 0 Å². The van der Waals surface area contributed by atoms with Crippen molar-refractivity contribution in [1.29, 1.82) is 0 Å². The van der Waals surface area contributed by atoms with Crippen LogP contribution in [-0.4, -0.2) is 73.0 Å². The summed E-state index contributed by atoms with van der Waals surface area (Å²) < 4.78 is 0. The van der Waals surface area contributed by atoms with Crippen molar-refractivity contribution in [1.82, 2.24) is 14.7 Å². The van der Waals surface area contributed by atoms with Gasteiger partial charge in [0.15, 0.2) is 0 Å². The molecule has 0 unspecified atom stereocenters. The van der Waals surface area contributed by atoms with Crippen molar-refractivity contribution in [2.45, 2.75) is 25.8 Å². The fourth-order valence-electron chi connectivity index (χ4n) is 3.53. The Hall–Kier alpha value is -1.39. The first-order valence-electron chi connectivity index (χ1n) is 8.42. The summed E-state index contributed by atoms with van der Waals surface area (Å²) >= 11 is 0. The van der Waals surface area contributed by atoms with Crippen molar-refractivity contribution >= 4 is 5.91 Å². The first-order valence-corrected chi connectivity index (χ1v) is 8.42. The molecule has 0 radical (unpaired) electrons. The summed E-state index contributed by atoms with van der Waals surface area (Å²) in [5.41, 5.74) is 2.02. The SMILES string of the molecule is Cc1ccc(C(=O)N2CCN(C3CCN(C)CC3)CC2)cc1. The van der Waals surface area contributed by atoms with E-state index in [1.807, 2.05) is 29.2 Å². The average molecular weight is 301 g/mol. The molecule has 0 aliphatic carbocycles. The molecule has 2 saturated heterocycles. The highest BCUT2D eigenvalue weighted by molar-refractivity contribution is 5.94. The average Bonchev–Trinajstić information content (AvgIpc) is 2.56. The predicted molar refractivity (Wildman–Crippen MR) is 89.2 cm³/mol. The minimum Gasteiger partial charge on any atom is -0.336 e. The van der Waals surface area contributed by atoms with Gasteiger partial charge in [0.05, 0.1) is 0 Å². The summed E-state index contributed by atoms with van der Waals surface area (Å²) in [5, 5.41) is 0. The molecule has 22 heavy (non-hydrogen) atoms. The van der Waals surface area contributed by atoms with Crippen LogP contribution in [0.2, 0.25) is 0 Å². The third kappa shape index (κ3) is 3.50. The largest absolute Gasteiger partial charge is 0.336 e. The minimum absolute atomic E-state index is 0.183. The summed E-state index contributed by atoms with van der Waals surface area (Å²) in [6.07, 6.45) is 2.53. The Balaban J connectivity index is 1.53. The van der Waals surface area contributed by atoms with Gasteiger partial charge < -0.3 is 9.80 Å². The molecule has 0 atom stereocenters. The summed E-state index contributed by atoms with van der Waals surface area (Å²) in [6, 6.07) is 8.64. The molecular weight excluding hydrogens is 274 g/mol. The van der Waals surface area contributed by atoms with E-state index in [4.69, 9.17) is 0 Å². The van der Waals surface area contributed by atoms with Crippen LogP contribution in [0.1, 0.15) is 28.8 Å². The summed E-state index contributed by atoms with van der Waals surface area (Å²) in [4.78, 5) is 19.5. The van der Waals surface area contributed by atoms with Crippen LogP contribution >= 0.6 is 0 Å². The van der Waals surface area contributed by atoms with Crippen LogP contribution in [0.15, 0.2) is 24.3 Å². The second kappa shape index (κ2) is 6.80. The number of benzene rings is 1. The molecule has 1 aromatic rings. The van der Waals surface area contributed by atoms with E-state index in [1.54, 1.807) is 0 Å². The summed E-state index contributed by atoms with van der Waals surface area (Å²) in [5.74, 6) is 0.183. The molecule has 120 valence electrons. The quantitative estimate of drug-likeness (QED) is 0.834. The van der Waals surface area contributed by atoms with Crippen molar-refractivity contribution in [3.8, 4) is 0 Å². The first-order chi connectivity index (χ1) is 10.6. The van der Waals surface area contributed by atoms with Gasteiger partial charge in [-0.15, -0.1) is 0 Å². The number of likely N-dealkylation sites (tertiary alicyclic amines) is 1. The fourth-order valence-corrected chi connectivity index (χ4v) is 3.53. The Morgan fingerprint density at radius 2 is 1.55 bits per heavy atom. The number of hydrogen-bond acceptors (Lipinski definition) is 3. The van der Waals surface area contributed by atoms with Gasteiger partial charge in [-0.25, -0.2) is 0 Å². The molecule has 2 aliphatic rings. The Bertz CT molecular complexity index is 498. The molecule has 2 fully saturated rings. The third-order valence-electron chi connectivity index (χ3n) is 5.10. The molecule has 1 amide bonds. The monoisotopic (exact) mass is 301 g/mol. The second-order valence-corrected chi connectivity index (χ2v) is 6.73. The summed E-state index contributed by atoms with van der Waals surface area (Å²) in [7, 11) is 2.20. The number of rotatable bonds is 2. The Morgan fingerprint density at radius 1 is 0.955 bits per heavy atom. The lowest BCUT2D eigenvalue weighted by Crippen LogP contribution is -2.54. The Kier molecular flexibility index (Phi) is 4.79. The van der Waals surface area contributed by atoms with Crippen molar-refractivity contribution in [2.75, 3.05) is 46.3 Å². The lowest BCUT2D eigenvalue weighted by atomic mass is 10.0. The Morgan fingerprint density at radius 3 is 2.14 bits per heavy atom. The summed E-state index contributed by atoms with van der Waals surface area (Å²) in [6.45, 7) is 8.21. The maximum atomic E-state index is 12.5. The normalized spacial score (nSPS) is 22.0. The van der Waals surface area contributed by atoms with E-state index in [9.17, 15) is 4.79 Å². The zero-order valence-electron chi connectivity index (χ0n) is 13.8. The van der Waals surface area contributed by atoms with Gasteiger partial charge in [0.1, 0.15) is 0 Å². The van der Waals surface area contributed by atoms with Gasteiger partial charge >= 0.3 is 0 Å². The van der Waals surface area contributed by atoms with E-state index >= 15 is 0 Å². The van der Waals surface area contributed by atoms with E-state index in [0.717, 1.165) is 31.7 Å². The van der Waals surface area contributed by atoms with Gasteiger partial charge in [-0.1, -0.05) is 17.7 Å². The first kappa shape index (κ1) is 15.5. The fraction of sp³-hybridized carbons (Fsp3) is 0.611. The minimum atomic E-state index is 0.183. The number of carbonyl (C=O) groups is 1. The maximum absolute atomic E-state index is 12.5. The van der Waals surface area contributed by atoms with E-state index in [-0.39, 0.29) is 5.91 Å². The van der Waals surface area contributed by atoms with Crippen molar-refractivity contribution in [3.05, 3.63) is 35.4 Å². The number of piperidine rings is 1. The topological polar surface area (TPSA) is 26.8 Å². The molecule has 4 heteroatoms. The molecule has 3 rings (SSSR count). The molecule has 0 saturated carbocycles. The third-order valence-corrected chi connectivity index (χ3v) is 5.10. The number of hydrogen-bond donors (Lipinski definition) is 0. The molecule has 0 bridgehead atoms. The van der Waals surface area contributed by atoms with Crippen molar-refractivity contribution in [2.24, 2.45) is 0 Å². The highest BCUT2D eigenvalue weighted by Gasteiger charge is 2.28. The number of aryl methyl sites for hydroxylation is 1. The standard InChI is InChI=1S/C18H27N3O/c1-15-3-5-16(6-4-15)18(22)21-13-11-20(12-14-21)17-7-9-19(2)10-8-17/h3-6,17H,7-14H2,1-2H3. The molecule has 4 nitrogen and oxygen atoms in total. The van der Waals surface area contributed by atoms with Crippen LogP contribution in [0.4, 0.5) is 0 Å². The predicted octanol–water partition coefficient (Wildman–Crippen LogP) is 1.85. The van der Waals surface area contributed by atoms with Crippen LogP contribution in [0, 0.1) is 6.92 Å². The molecule has 2 heterocycles. The highest BCUT2D eigenvalue weighted by Crippen LogP contribution is 2.18. The molecule has 1 aromatic carbocycles. The van der Waals surface area contributed by atoms with Gasteiger partial charge in [-0.2, -0.15) is 0 Å². The lowest BCUT2D eigenvalue weighted by molar-refractivity contribution is 0.0475. The number of amides is 1. The number of nitrogens with zero attached hydrogens (tertiary/aromatic N) is 3. The zero-order chi connectivity index (χ0) is 15.5. The van der Waals surface area contributed by atoms with Gasteiger partial charge in [0.2, 0.25) is 0 Å². The molecule has 2 aliphatic heterocycles. The lowest BCUT2D eigenvalue weighted by Gasteiger charge is -2.42. The van der Waals surface area contributed by atoms with E-state index in [1.165, 1.54) is 31.5 Å². The van der Waals surface area contributed by atoms with Gasteiger partial charge in [0, 0.05) is 37.8 Å².